The van der Waals surface area contributed by atoms with Gasteiger partial charge in [0.1, 0.15) is 0 Å². The lowest BCUT2D eigenvalue weighted by atomic mass is 9.91. The molecule has 0 aromatic heterocycles. The third-order valence-corrected chi connectivity index (χ3v) is 10.6. The first kappa shape index (κ1) is 30.8. The van der Waals surface area contributed by atoms with Crippen molar-refractivity contribution in [3.8, 4) is 33.4 Å². The first-order valence-electron chi connectivity index (χ1n) is 18.3. The molecule has 0 aliphatic heterocycles. The molecule has 0 amide bonds. The largest absolute Gasteiger partial charge is 0.310 e. The van der Waals surface area contributed by atoms with Gasteiger partial charge < -0.3 is 4.90 Å². The number of fused-ring (bicyclic) bond motifs is 5. The Kier molecular flexibility index (Phi) is 7.55. The standard InChI is InChI=1S/C52H35N/c1-2-19-41(20-3-1)53(42-31-28-38(29-32-42)51-34-39-16-6-9-23-46(39)47-24-10-11-25-49(47)51)52-35-40(45-26-12-17-36-14-4-7-21-43(36)45)30-33-50(52)48-27-13-18-37-15-5-8-22-44(37)48/h1-35H. The monoisotopic (exact) mass is 673 g/mol. The van der Waals surface area contributed by atoms with Crippen LogP contribution in [0, 0.1) is 0 Å². The Morgan fingerprint density at radius 1 is 0.245 bits per heavy atom. The third kappa shape index (κ3) is 5.42. The van der Waals surface area contributed by atoms with Gasteiger partial charge in [-0.15, -0.1) is 0 Å². The Morgan fingerprint density at radius 3 is 1.47 bits per heavy atom. The van der Waals surface area contributed by atoms with Crippen LogP contribution in [0.5, 0.6) is 0 Å². The fraction of sp³-hybridized carbons (Fsp3) is 0. The maximum Gasteiger partial charge on any atom is 0.0546 e. The quantitative estimate of drug-likeness (QED) is 0.159. The SMILES string of the molecule is c1ccc(N(c2ccc(-c3cc4ccccc4c4ccccc34)cc2)c2cc(-c3cccc4ccccc34)ccc2-c2cccc3ccccc23)cc1. The van der Waals surface area contributed by atoms with Gasteiger partial charge in [-0.1, -0.05) is 176 Å². The zero-order valence-corrected chi connectivity index (χ0v) is 29.2. The molecule has 10 aromatic carbocycles. The second-order valence-corrected chi connectivity index (χ2v) is 13.7. The van der Waals surface area contributed by atoms with Crippen molar-refractivity contribution in [3.63, 3.8) is 0 Å². The van der Waals surface area contributed by atoms with Gasteiger partial charge in [-0.3, -0.25) is 0 Å². The molecule has 53 heavy (non-hydrogen) atoms. The van der Waals surface area contributed by atoms with Crippen LogP contribution in [0.3, 0.4) is 0 Å². The highest BCUT2D eigenvalue weighted by Gasteiger charge is 2.20. The van der Waals surface area contributed by atoms with Gasteiger partial charge in [0.15, 0.2) is 0 Å². The normalized spacial score (nSPS) is 11.4. The molecule has 0 N–H and O–H groups in total. The molecule has 0 aliphatic rings. The molecule has 0 radical (unpaired) electrons. The van der Waals surface area contributed by atoms with Crippen LogP contribution in [0.1, 0.15) is 0 Å². The van der Waals surface area contributed by atoms with E-state index in [1.54, 1.807) is 0 Å². The number of rotatable bonds is 6. The summed E-state index contributed by atoms with van der Waals surface area (Å²) in [6, 6.07) is 77.3. The molecule has 1 heteroatoms. The molecular formula is C52H35N. The molecule has 1 nitrogen and oxygen atoms in total. The number of hydrogen-bond acceptors (Lipinski definition) is 1. The van der Waals surface area contributed by atoms with Crippen LogP contribution in [-0.4, -0.2) is 0 Å². The molecule has 10 rings (SSSR count). The van der Waals surface area contributed by atoms with Crippen molar-refractivity contribution in [2.24, 2.45) is 0 Å². The maximum absolute atomic E-state index is 2.42. The zero-order chi connectivity index (χ0) is 35.1. The minimum atomic E-state index is 1.10. The van der Waals surface area contributed by atoms with Crippen LogP contribution in [-0.2, 0) is 0 Å². The van der Waals surface area contributed by atoms with Gasteiger partial charge >= 0.3 is 0 Å². The molecule has 0 spiro atoms. The van der Waals surface area contributed by atoms with E-state index in [9.17, 15) is 0 Å². The molecule has 0 saturated carbocycles. The summed E-state index contributed by atoms with van der Waals surface area (Å²) in [5.74, 6) is 0. The van der Waals surface area contributed by atoms with Gasteiger partial charge in [0.2, 0.25) is 0 Å². The van der Waals surface area contributed by atoms with Gasteiger partial charge in [0.05, 0.1) is 5.69 Å². The summed E-state index contributed by atoms with van der Waals surface area (Å²) in [6.45, 7) is 0. The van der Waals surface area contributed by atoms with Crippen LogP contribution in [0.4, 0.5) is 17.1 Å². The van der Waals surface area contributed by atoms with Crippen molar-refractivity contribution in [2.75, 3.05) is 4.90 Å². The number of anilines is 3. The second kappa shape index (κ2) is 13.0. The molecule has 0 unspecified atom stereocenters. The van der Waals surface area contributed by atoms with Crippen LogP contribution >= 0.6 is 0 Å². The molecule has 0 bridgehead atoms. The smallest absolute Gasteiger partial charge is 0.0546 e. The van der Waals surface area contributed by atoms with E-state index in [2.05, 4.69) is 217 Å². The van der Waals surface area contributed by atoms with Crippen molar-refractivity contribution in [1.29, 1.82) is 0 Å². The summed E-state index contributed by atoms with van der Waals surface area (Å²) in [4.78, 5) is 2.42. The number of nitrogens with zero attached hydrogens (tertiary/aromatic N) is 1. The van der Waals surface area contributed by atoms with Crippen LogP contribution in [0.15, 0.2) is 212 Å². The Morgan fingerprint density at radius 2 is 0.755 bits per heavy atom. The van der Waals surface area contributed by atoms with Crippen molar-refractivity contribution in [2.45, 2.75) is 0 Å². The van der Waals surface area contributed by atoms with Crippen molar-refractivity contribution in [1.82, 2.24) is 0 Å². The van der Waals surface area contributed by atoms with Crippen molar-refractivity contribution in [3.05, 3.63) is 212 Å². The average molecular weight is 674 g/mol. The van der Waals surface area contributed by atoms with E-state index < -0.39 is 0 Å². The van der Waals surface area contributed by atoms with Crippen LogP contribution in [0.2, 0.25) is 0 Å². The predicted molar refractivity (Wildman–Crippen MR) is 227 cm³/mol. The molecule has 0 fully saturated rings. The molecule has 10 aromatic rings. The topological polar surface area (TPSA) is 3.24 Å². The fourth-order valence-corrected chi connectivity index (χ4v) is 8.14. The van der Waals surface area contributed by atoms with E-state index in [4.69, 9.17) is 0 Å². The fourth-order valence-electron chi connectivity index (χ4n) is 8.14. The van der Waals surface area contributed by atoms with E-state index in [0.29, 0.717) is 0 Å². The summed E-state index contributed by atoms with van der Waals surface area (Å²) in [5, 5.41) is 10.0. The van der Waals surface area contributed by atoms with E-state index in [0.717, 1.165) is 17.1 Å². The first-order valence-corrected chi connectivity index (χ1v) is 18.3. The predicted octanol–water partition coefficient (Wildman–Crippen LogP) is 14.8. The minimum absolute atomic E-state index is 1.10. The van der Waals surface area contributed by atoms with Gasteiger partial charge in [-0.2, -0.15) is 0 Å². The lowest BCUT2D eigenvalue weighted by Crippen LogP contribution is -2.11. The molecular weight excluding hydrogens is 639 g/mol. The maximum atomic E-state index is 2.42. The van der Waals surface area contributed by atoms with Crippen LogP contribution in [0.25, 0.3) is 76.5 Å². The van der Waals surface area contributed by atoms with Gasteiger partial charge in [0.25, 0.3) is 0 Å². The number of hydrogen-bond donors (Lipinski definition) is 0. The second-order valence-electron chi connectivity index (χ2n) is 13.7. The molecule has 248 valence electrons. The van der Waals surface area contributed by atoms with E-state index in [1.807, 2.05) is 0 Å². The van der Waals surface area contributed by atoms with Gasteiger partial charge in [0, 0.05) is 16.9 Å². The Labute approximate surface area is 309 Å². The highest BCUT2D eigenvalue weighted by atomic mass is 15.1. The summed E-state index contributed by atoms with van der Waals surface area (Å²) in [7, 11) is 0. The molecule has 0 saturated heterocycles. The molecule has 0 atom stereocenters. The number of benzene rings is 10. The highest BCUT2D eigenvalue weighted by molar-refractivity contribution is 6.14. The zero-order valence-electron chi connectivity index (χ0n) is 29.2. The van der Waals surface area contributed by atoms with Gasteiger partial charge in [-0.05, 0) is 107 Å². The van der Waals surface area contributed by atoms with E-state index in [1.165, 1.54) is 76.5 Å². The summed E-state index contributed by atoms with van der Waals surface area (Å²) in [5.41, 5.74) is 10.6. The Hall–Kier alpha value is -6.96. The van der Waals surface area contributed by atoms with Crippen molar-refractivity contribution < 1.29 is 0 Å². The lowest BCUT2D eigenvalue weighted by molar-refractivity contribution is 1.28. The first-order chi connectivity index (χ1) is 26.3. The highest BCUT2D eigenvalue weighted by Crippen LogP contribution is 2.46. The Bertz CT molecular complexity index is 2930. The summed E-state index contributed by atoms with van der Waals surface area (Å²) < 4.78 is 0. The molecule has 0 aliphatic carbocycles. The van der Waals surface area contributed by atoms with E-state index >= 15 is 0 Å². The van der Waals surface area contributed by atoms with E-state index in [-0.39, 0.29) is 0 Å². The average Bonchev–Trinajstić information content (AvgIpc) is 3.24. The van der Waals surface area contributed by atoms with Gasteiger partial charge in [-0.25, -0.2) is 0 Å². The third-order valence-electron chi connectivity index (χ3n) is 10.6. The van der Waals surface area contributed by atoms with Crippen molar-refractivity contribution >= 4 is 60.2 Å². The van der Waals surface area contributed by atoms with Crippen LogP contribution < -0.4 is 4.90 Å². The minimum Gasteiger partial charge on any atom is -0.310 e. The summed E-state index contributed by atoms with van der Waals surface area (Å²) >= 11 is 0. The number of para-hydroxylation sites is 1. The molecule has 0 heterocycles. The summed E-state index contributed by atoms with van der Waals surface area (Å²) in [6.07, 6.45) is 0. The Balaban J connectivity index is 1.20. The lowest BCUT2D eigenvalue weighted by Gasteiger charge is -2.29.